The molecule has 0 aliphatic heterocycles. The van der Waals surface area contributed by atoms with Crippen LogP contribution >= 0.6 is 0 Å². The van der Waals surface area contributed by atoms with E-state index in [2.05, 4.69) is 45.0 Å². The van der Waals surface area contributed by atoms with E-state index in [1.807, 2.05) is 0 Å². The maximum Gasteiger partial charge on any atom is 0.119 e. The quantitative estimate of drug-likeness (QED) is 0.155. The van der Waals surface area contributed by atoms with Gasteiger partial charge in [0.05, 0.1) is 0 Å². The lowest BCUT2D eigenvalue weighted by Gasteiger charge is -2.24. The van der Waals surface area contributed by atoms with E-state index in [0.717, 1.165) is 0 Å². The monoisotopic (exact) mass is 413 g/mol. The molecule has 0 atom stereocenters. The standard InChI is InChI=1S/C24H55NSi2/c1-7-9-11-15-18-22-26(3,4)23-19-16-13-14-17-21-25-27(5,6)24-20-12-10-8-2/h25H,7-24H2,1-6H3. The zero-order valence-electron chi connectivity index (χ0n) is 20.2. The zero-order valence-corrected chi connectivity index (χ0v) is 22.2. The van der Waals surface area contributed by atoms with Gasteiger partial charge in [-0.05, 0) is 19.0 Å². The fourth-order valence-corrected chi connectivity index (χ4v) is 8.93. The molecule has 1 nitrogen and oxygen atoms in total. The van der Waals surface area contributed by atoms with Gasteiger partial charge < -0.3 is 4.98 Å². The lowest BCUT2D eigenvalue weighted by Crippen LogP contribution is -2.44. The molecule has 1 N–H and O–H groups in total. The van der Waals surface area contributed by atoms with Crippen molar-refractivity contribution in [2.24, 2.45) is 0 Å². The van der Waals surface area contributed by atoms with Crippen molar-refractivity contribution in [1.82, 2.24) is 4.98 Å². The van der Waals surface area contributed by atoms with Crippen molar-refractivity contribution in [2.45, 2.75) is 148 Å². The summed E-state index contributed by atoms with van der Waals surface area (Å²) in [5, 5.41) is 0. The molecule has 0 bridgehead atoms. The van der Waals surface area contributed by atoms with E-state index in [-0.39, 0.29) is 0 Å². The molecule has 0 unspecified atom stereocenters. The van der Waals surface area contributed by atoms with Gasteiger partial charge >= 0.3 is 0 Å². The molecule has 0 aromatic rings. The fraction of sp³-hybridized carbons (Fsp3) is 1.00. The first kappa shape index (κ1) is 27.4. The maximum absolute atomic E-state index is 3.93. The van der Waals surface area contributed by atoms with E-state index in [0.29, 0.717) is 0 Å². The summed E-state index contributed by atoms with van der Waals surface area (Å²) < 4.78 is 0. The first-order valence-electron chi connectivity index (χ1n) is 12.6. The highest BCUT2D eigenvalue weighted by Crippen LogP contribution is 2.23. The molecule has 164 valence electrons. The Balaban J connectivity index is 3.52. The highest BCUT2D eigenvalue weighted by molar-refractivity contribution is 6.77. The Labute approximate surface area is 176 Å². The molecule has 0 saturated carbocycles. The molecular weight excluding hydrogens is 358 g/mol. The van der Waals surface area contributed by atoms with Gasteiger partial charge in [-0.3, -0.25) is 0 Å². The summed E-state index contributed by atoms with van der Waals surface area (Å²) in [5.74, 6) is 0. The second kappa shape index (κ2) is 17.3. The van der Waals surface area contributed by atoms with Crippen molar-refractivity contribution in [2.75, 3.05) is 6.54 Å². The topological polar surface area (TPSA) is 12.0 Å². The van der Waals surface area contributed by atoms with Crippen LogP contribution in [0.5, 0.6) is 0 Å². The molecule has 3 heteroatoms. The van der Waals surface area contributed by atoms with Crippen LogP contribution in [-0.4, -0.2) is 22.9 Å². The van der Waals surface area contributed by atoms with Crippen LogP contribution in [0.4, 0.5) is 0 Å². The molecule has 0 amide bonds. The third-order valence-corrected chi connectivity index (χ3v) is 12.5. The molecule has 0 saturated heterocycles. The van der Waals surface area contributed by atoms with Gasteiger partial charge in [-0.15, -0.1) is 0 Å². The largest absolute Gasteiger partial charge is 0.337 e. The van der Waals surface area contributed by atoms with Crippen LogP contribution in [0, 0.1) is 0 Å². The van der Waals surface area contributed by atoms with Crippen molar-refractivity contribution < 1.29 is 0 Å². The molecule has 0 rings (SSSR count). The Morgan fingerprint density at radius 3 is 1.44 bits per heavy atom. The zero-order chi connectivity index (χ0) is 20.4. The predicted octanol–water partition coefficient (Wildman–Crippen LogP) is 8.99. The Hall–Kier alpha value is 0.394. The van der Waals surface area contributed by atoms with Crippen LogP contribution in [0.25, 0.3) is 0 Å². The third kappa shape index (κ3) is 19.5. The van der Waals surface area contributed by atoms with E-state index in [4.69, 9.17) is 0 Å². The molecule has 0 spiro atoms. The summed E-state index contributed by atoms with van der Waals surface area (Å²) >= 11 is 0. The second-order valence-electron chi connectivity index (χ2n) is 10.5. The average molecular weight is 414 g/mol. The van der Waals surface area contributed by atoms with Crippen LogP contribution in [0.3, 0.4) is 0 Å². The molecule has 0 aliphatic rings. The summed E-state index contributed by atoms with van der Waals surface area (Å²) in [6.07, 6.45) is 20.2. The fourth-order valence-electron chi connectivity index (χ4n) is 4.10. The number of hydrogen-bond donors (Lipinski definition) is 1. The van der Waals surface area contributed by atoms with Crippen molar-refractivity contribution in [1.29, 1.82) is 0 Å². The predicted molar refractivity (Wildman–Crippen MR) is 133 cm³/mol. The van der Waals surface area contributed by atoms with Gasteiger partial charge in [0.1, 0.15) is 8.24 Å². The van der Waals surface area contributed by atoms with Crippen LogP contribution in [0.1, 0.15) is 104 Å². The number of unbranched alkanes of at least 4 members (excludes halogenated alkanes) is 11. The highest BCUT2D eigenvalue weighted by atomic mass is 28.3. The number of rotatable bonds is 20. The van der Waals surface area contributed by atoms with Crippen LogP contribution < -0.4 is 4.98 Å². The van der Waals surface area contributed by atoms with E-state index >= 15 is 0 Å². The minimum absolute atomic E-state index is 0.890. The lowest BCUT2D eigenvalue weighted by atomic mass is 10.1. The minimum Gasteiger partial charge on any atom is -0.337 e. The smallest absolute Gasteiger partial charge is 0.119 e. The normalized spacial score (nSPS) is 12.7. The van der Waals surface area contributed by atoms with Crippen molar-refractivity contribution in [3.8, 4) is 0 Å². The first-order chi connectivity index (χ1) is 12.8. The van der Waals surface area contributed by atoms with Gasteiger partial charge in [0.2, 0.25) is 0 Å². The van der Waals surface area contributed by atoms with Crippen molar-refractivity contribution >= 4 is 16.3 Å². The van der Waals surface area contributed by atoms with Gasteiger partial charge in [0.25, 0.3) is 0 Å². The Morgan fingerprint density at radius 1 is 0.481 bits per heavy atom. The summed E-state index contributed by atoms with van der Waals surface area (Å²) in [4.78, 5) is 3.93. The Kier molecular flexibility index (Phi) is 17.5. The average Bonchev–Trinajstić information content (AvgIpc) is 2.61. The molecule has 0 aromatic heterocycles. The SMILES string of the molecule is CCCCCCC[Si](C)(C)CCCCCCCN[Si](C)(C)CCCCCC. The Bertz CT molecular complexity index is 316. The number of hydrogen-bond acceptors (Lipinski definition) is 1. The molecule has 0 aromatic carbocycles. The summed E-state index contributed by atoms with van der Waals surface area (Å²) in [6, 6.07) is 4.60. The van der Waals surface area contributed by atoms with Gasteiger partial charge in [0.15, 0.2) is 0 Å². The third-order valence-electron chi connectivity index (χ3n) is 6.25. The molecule has 27 heavy (non-hydrogen) atoms. The van der Waals surface area contributed by atoms with Crippen molar-refractivity contribution in [3.63, 3.8) is 0 Å². The lowest BCUT2D eigenvalue weighted by molar-refractivity contribution is 0.618. The number of nitrogens with one attached hydrogen (secondary N) is 1. The summed E-state index contributed by atoms with van der Waals surface area (Å²) in [6.45, 7) is 16.2. The summed E-state index contributed by atoms with van der Waals surface area (Å²) in [5.41, 5.74) is 0. The van der Waals surface area contributed by atoms with E-state index in [9.17, 15) is 0 Å². The van der Waals surface area contributed by atoms with E-state index in [1.54, 1.807) is 12.1 Å². The Morgan fingerprint density at radius 2 is 0.889 bits per heavy atom. The maximum atomic E-state index is 3.93. The van der Waals surface area contributed by atoms with Gasteiger partial charge in [-0.1, -0.05) is 136 Å². The van der Waals surface area contributed by atoms with Crippen LogP contribution in [-0.2, 0) is 0 Å². The van der Waals surface area contributed by atoms with E-state index < -0.39 is 16.3 Å². The van der Waals surface area contributed by atoms with Gasteiger partial charge in [-0.25, -0.2) is 0 Å². The second-order valence-corrected chi connectivity index (χ2v) is 20.4. The summed E-state index contributed by atoms with van der Waals surface area (Å²) in [7, 11) is -2.01. The molecule has 0 heterocycles. The van der Waals surface area contributed by atoms with Crippen LogP contribution in [0.2, 0.25) is 44.3 Å². The van der Waals surface area contributed by atoms with Gasteiger partial charge in [-0.2, -0.15) is 0 Å². The van der Waals surface area contributed by atoms with Crippen LogP contribution in [0.15, 0.2) is 0 Å². The molecule has 0 radical (unpaired) electrons. The molecule has 0 fully saturated rings. The van der Waals surface area contributed by atoms with E-state index in [1.165, 1.54) is 102 Å². The van der Waals surface area contributed by atoms with Gasteiger partial charge in [0, 0.05) is 8.07 Å². The minimum atomic E-state index is -1.12. The molecular formula is C24H55NSi2. The first-order valence-corrected chi connectivity index (χ1v) is 19.2. The van der Waals surface area contributed by atoms with Crippen molar-refractivity contribution in [3.05, 3.63) is 0 Å². The highest BCUT2D eigenvalue weighted by Gasteiger charge is 2.20. The molecule has 0 aliphatic carbocycles.